The van der Waals surface area contributed by atoms with Crippen molar-refractivity contribution in [3.8, 4) is 0 Å². The molecule has 1 atom stereocenters. The molecule has 0 aliphatic heterocycles. The molecule has 0 heterocycles. The first-order valence-corrected chi connectivity index (χ1v) is 7.62. The Labute approximate surface area is 121 Å². The Kier molecular flexibility index (Phi) is 3.99. The number of benzene rings is 1. The molecule has 0 radical (unpaired) electrons. The molecule has 1 unspecified atom stereocenters. The fraction of sp³-hybridized carbons (Fsp3) is 0.625. The first-order chi connectivity index (χ1) is 8.34. The van der Waals surface area contributed by atoms with Gasteiger partial charge in [0.25, 0.3) is 0 Å². The Morgan fingerprint density at radius 1 is 1.22 bits per heavy atom. The highest BCUT2D eigenvalue weighted by Crippen LogP contribution is 2.45. The number of halogens is 2. The minimum Gasteiger partial charge on any atom is -0.105 e. The van der Waals surface area contributed by atoms with Crippen molar-refractivity contribution in [3.63, 3.8) is 0 Å². The summed E-state index contributed by atoms with van der Waals surface area (Å²) in [5, 5.41) is 0. The number of fused-ring (bicyclic) bond motifs is 1. The molecule has 0 spiro atoms. The van der Waals surface area contributed by atoms with Gasteiger partial charge in [0, 0.05) is 0 Å². The van der Waals surface area contributed by atoms with Gasteiger partial charge in [0.1, 0.15) is 4.84 Å². The second-order valence-electron chi connectivity index (χ2n) is 6.27. The predicted octanol–water partition coefficient (Wildman–Crippen LogP) is 5.45. The normalized spacial score (nSPS) is 22.3. The van der Waals surface area contributed by atoms with Crippen molar-refractivity contribution >= 4 is 23.2 Å². The Morgan fingerprint density at radius 3 is 2.44 bits per heavy atom. The maximum atomic E-state index is 6.15. The lowest BCUT2D eigenvalue weighted by molar-refractivity contribution is 0.294. The Balaban J connectivity index is 2.43. The van der Waals surface area contributed by atoms with E-state index in [-0.39, 0.29) is 10.3 Å². The van der Waals surface area contributed by atoms with Crippen molar-refractivity contribution in [2.24, 2.45) is 5.92 Å². The topological polar surface area (TPSA) is 0 Å². The van der Waals surface area contributed by atoms with E-state index in [1.807, 2.05) is 0 Å². The summed E-state index contributed by atoms with van der Waals surface area (Å²) in [7, 11) is 0. The van der Waals surface area contributed by atoms with Gasteiger partial charge in [-0.3, -0.25) is 0 Å². The van der Waals surface area contributed by atoms with E-state index >= 15 is 0 Å². The molecule has 18 heavy (non-hydrogen) atoms. The summed E-state index contributed by atoms with van der Waals surface area (Å²) < 4.78 is 0. The van der Waals surface area contributed by atoms with E-state index in [2.05, 4.69) is 45.9 Å². The zero-order chi connectivity index (χ0) is 13.5. The van der Waals surface area contributed by atoms with E-state index in [0.29, 0.717) is 11.8 Å². The van der Waals surface area contributed by atoms with Crippen LogP contribution < -0.4 is 0 Å². The molecule has 0 aromatic heterocycles. The fourth-order valence-corrected chi connectivity index (χ4v) is 4.00. The second-order valence-corrected chi connectivity index (χ2v) is 7.44. The van der Waals surface area contributed by atoms with E-state index in [0.717, 1.165) is 12.8 Å². The van der Waals surface area contributed by atoms with Crippen LogP contribution >= 0.6 is 23.2 Å². The molecule has 0 N–H and O–H groups in total. The highest BCUT2D eigenvalue weighted by atomic mass is 35.5. The Morgan fingerprint density at radius 2 is 1.89 bits per heavy atom. The standard InChI is InChI=1S/C16H22Cl2/c1-10(2)11-5-7-13-12(9-11)6-8-14(15(17)18)16(13,3)4/h5,7,9-10,14-15H,6,8H2,1-4H3. The van der Waals surface area contributed by atoms with Crippen molar-refractivity contribution < 1.29 is 0 Å². The number of rotatable bonds is 2. The van der Waals surface area contributed by atoms with Crippen molar-refractivity contribution in [2.45, 2.75) is 56.7 Å². The van der Waals surface area contributed by atoms with Crippen molar-refractivity contribution in [3.05, 3.63) is 34.9 Å². The van der Waals surface area contributed by atoms with E-state index in [4.69, 9.17) is 23.2 Å². The molecule has 1 aromatic rings. The molecule has 0 nitrogen and oxygen atoms in total. The lowest BCUT2D eigenvalue weighted by Gasteiger charge is -2.41. The molecule has 0 saturated heterocycles. The maximum absolute atomic E-state index is 6.15. The lowest BCUT2D eigenvalue weighted by atomic mass is 9.66. The smallest absolute Gasteiger partial charge is 0.105 e. The zero-order valence-corrected chi connectivity index (χ0v) is 13.1. The van der Waals surface area contributed by atoms with Gasteiger partial charge >= 0.3 is 0 Å². The predicted molar refractivity (Wildman–Crippen MR) is 80.9 cm³/mol. The maximum Gasteiger partial charge on any atom is 0.111 e. The molecular weight excluding hydrogens is 263 g/mol. The summed E-state index contributed by atoms with van der Waals surface area (Å²) in [5.74, 6) is 0.933. The number of hydrogen-bond acceptors (Lipinski definition) is 0. The molecular formula is C16H22Cl2. The summed E-state index contributed by atoms with van der Waals surface area (Å²) in [4.78, 5) is -0.280. The first-order valence-electron chi connectivity index (χ1n) is 6.75. The summed E-state index contributed by atoms with van der Waals surface area (Å²) >= 11 is 12.3. The first kappa shape index (κ1) is 14.2. The van der Waals surface area contributed by atoms with E-state index in [1.54, 1.807) is 0 Å². The van der Waals surface area contributed by atoms with Crippen LogP contribution in [0.25, 0.3) is 0 Å². The largest absolute Gasteiger partial charge is 0.111 e. The van der Waals surface area contributed by atoms with Crippen LogP contribution in [0.15, 0.2) is 18.2 Å². The van der Waals surface area contributed by atoms with Gasteiger partial charge < -0.3 is 0 Å². The van der Waals surface area contributed by atoms with Gasteiger partial charge in [-0.25, -0.2) is 0 Å². The van der Waals surface area contributed by atoms with Crippen molar-refractivity contribution in [1.29, 1.82) is 0 Å². The number of alkyl halides is 2. The molecule has 2 heteroatoms. The molecule has 0 fully saturated rings. The number of hydrogen-bond donors (Lipinski definition) is 0. The van der Waals surface area contributed by atoms with Gasteiger partial charge in [0.15, 0.2) is 0 Å². The highest BCUT2D eigenvalue weighted by Gasteiger charge is 2.39. The van der Waals surface area contributed by atoms with Crippen molar-refractivity contribution in [1.82, 2.24) is 0 Å². The average molecular weight is 285 g/mol. The van der Waals surface area contributed by atoms with E-state index in [9.17, 15) is 0 Å². The van der Waals surface area contributed by atoms with Crippen LogP contribution in [0.2, 0.25) is 0 Å². The third-order valence-electron chi connectivity index (χ3n) is 4.45. The SMILES string of the molecule is CC(C)c1ccc2c(c1)CCC(C(Cl)Cl)C2(C)C. The molecule has 100 valence electrons. The monoisotopic (exact) mass is 284 g/mol. The number of aryl methyl sites for hydroxylation is 1. The van der Waals surface area contributed by atoms with E-state index in [1.165, 1.54) is 16.7 Å². The van der Waals surface area contributed by atoms with Gasteiger partial charge in [0.05, 0.1) is 0 Å². The van der Waals surface area contributed by atoms with Crippen LogP contribution in [-0.2, 0) is 11.8 Å². The molecule has 1 aromatic carbocycles. The summed E-state index contributed by atoms with van der Waals surface area (Å²) in [6.07, 6.45) is 2.18. The van der Waals surface area contributed by atoms with Crippen molar-refractivity contribution in [2.75, 3.05) is 0 Å². The van der Waals surface area contributed by atoms with Gasteiger partial charge in [-0.05, 0) is 46.8 Å². The third kappa shape index (κ3) is 2.42. The summed E-state index contributed by atoms with van der Waals surface area (Å²) in [5.41, 5.74) is 4.40. The molecule has 0 saturated carbocycles. The van der Waals surface area contributed by atoms with Gasteiger partial charge in [-0.2, -0.15) is 0 Å². The van der Waals surface area contributed by atoms with Crippen LogP contribution in [0, 0.1) is 5.92 Å². The zero-order valence-electron chi connectivity index (χ0n) is 11.6. The quantitative estimate of drug-likeness (QED) is 0.633. The molecule has 1 aliphatic rings. The van der Waals surface area contributed by atoms with Gasteiger partial charge in [-0.15, -0.1) is 23.2 Å². The average Bonchev–Trinajstić information content (AvgIpc) is 2.27. The highest BCUT2D eigenvalue weighted by molar-refractivity contribution is 6.44. The Hall–Kier alpha value is -0.200. The fourth-order valence-electron chi connectivity index (χ4n) is 3.12. The molecule has 0 bridgehead atoms. The second kappa shape index (κ2) is 5.06. The van der Waals surface area contributed by atoms with Crippen LogP contribution in [0.5, 0.6) is 0 Å². The van der Waals surface area contributed by atoms with E-state index < -0.39 is 0 Å². The molecule has 2 rings (SSSR count). The summed E-state index contributed by atoms with van der Waals surface area (Å²) in [6.45, 7) is 9.02. The Bertz CT molecular complexity index is 433. The van der Waals surface area contributed by atoms with Crippen LogP contribution in [0.4, 0.5) is 0 Å². The van der Waals surface area contributed by atoms with Gasteiger partial charge in [-0.1, -0.05) is 45.9 Å². The van der Waals surface area contributed by atoms with Crippen LogP contribution in [-0.4, -0.2) is 4.84 Å². The van der Waals surface area contributed by atoms with Crippen LogP contribution in [0.3, 0.4) is 0 Å². The lowest BCUT2D eigenvalue weighted by Crippen LogP contribution is -2.37. The third-order valence-corrected chi connectivity index (χ3v) is 5.05. The summed E-state index contributed by atoms with van der Waals surface area (Å²) in [6, 6.07) is 6.91. The minimum atomic E-state index is -0.280. The molecule has 1 aliphatic carbocycles. The minimum absolute atomic E-state index is 0.0667. The van der Waals surface area contributed by atoms with Crippen LogP contribution in [0.1, 0.15) is 56.7 Å². The van der Waals surface area contributed by atoms with Gasteiger partial charge in [0.2, 0.25) is 0 Å². The molecule has 0 amide bonds.